The molecule has 0 atom stereocenters. The molecule has 0 spiro atoms. The van der Waals surface area contributed by atoms with Gasteiger partial charge in [0.25, 0.3) is 0 Å². The number of nitrogens with one attached hydrogen (secondary N) is 2. The van der Waals surface area contributed by atoms with Crippen molar-refractivity contribution >= 4 is 33.4 Å². The largest absolute Gasteiger partial charge is 0.321 e. The van der Waals surface area contributed by atoms with Gasteiger partial charge in [0.1, 0.15) is 0 Å². The summed E-state index contributed by atoms with van der Waals surface area (Å²) in [5.41, 5.74) is 1.63. The molecule has 0 aromatic heterocycles. The van der Waals surface area contributed by atoms with Gasteiger partial charge in [-0.15, -0.1) is 0 Å². The lowest BCUT2D eigenvalue weighted by molar-refractivity contribution is -0.111. The topological polar surface area (TPSA) is 75.3 Å². The zero-order valence-electron chi connectivity index (χ0n) is 12.0. The lowest BCUT2D eigenvalue weighted by Crippen LogP contribution is -2.14. The van der Waals surface area contributed by atoms with Crippen LogP contribution in [0.4, 0.5) is 11.4 Å². The van der Waals surface area contributed by atoms with Crippen LogP contribution in [0.3, 0.4) is 0 Å². The molecule has 0 unspecified atom stereocenters. The van der Waals surface area contributed by atoms with Crippen LogP contribution in [0.5, 0.6) is 0 Å². The van der Waals surface area contributed by atoms with Crippen molar-refractivity contribution in [3.8, 4) is 0 Å². The lowest BCUT2D eigenvalue weighted by Gasteiger charge is -2.10. The average molecular weight is 316 g/mol. The highest BCUT2D eigenvalue weighted by molar-refractivity contribution is 7.92. The van der Waals surface area contributed by atoms with Crippen molar-refractivity contribution in [2.24, 2.45) is 0 Å². The number of sulfonamides is 1. The lowest BCUT2D eigenvalue weighted by atomic mass is 10.2. The van der Waals surface area contributed by atoms with E-state index in [-0.39, 0.29) is 5.91 Å². The minimum atomic E-state index is -3.41. The van der Waals surface area contributed by atoms with Crippen molar-refractivity contribution in [2.75, 3.05) is 16.3 Å². The van der Waals surface area contributed by atoms with E-state index < -0.39 is 10.0 Å². The van der Waals surface area contributed by atoms with Crippen LogP contribution < -0.4 is 10.0 Å². The van der Waals surface area contributed by atoms with E-state index in [1.807, 2.05) is 30.3 Å². The Balaban J connectivity index is 2.10. The molecule has 0 saturated heterocycles. The van der Waals surface area contributed by atoms with E-state index in [1.165, 1.54) is 6.08 Å². The predicted octanol–water partition coefficient (Wildman–Crippen LogP) is 2.71. The Kier molecular flexibility index (Phi) is 4.95. The molecule has 2 rings (SSSR count). The van der Waals surface area contributed by atoms with Crippen molar-refractivity contribution in [3.63, 3.8) is 0 Å². The molecule has 0 fully saturated rings. The summed E-state index contributed by atoms with van der Waals surface area (Å²) in [5, 5.41) is 2.65. The Morgan fingerprint density at radius 3 is 2.18 bits per heavy atom. The zero-order valence-corrected chi connectivity index (χ0v) is 12.8. The van der Waals surface area contributed by atoms with E-state index in [4.69, 9.17) is 0 Å². The molecule has 22 heavy (non-hydrogen) atoms. The molecular weight excluding hydrogens is 300 g/mol. The Labute approximate surface area is 129 Å². The molecular formula is C16H16N2O3S. The summed E-state index contributed by atoms with van der Waals surface area (Å²) in [6, 6.07) is 16.0. The molecule has 0 saturated carbocycles. The summed E-state index contributed by atoms with van der Waals surface area (Å²) in [4.78, 5) is 11.9. The molecule has 0 aliphatic carbocycles. The monoisotopic (exact) mass is 316 g/mol. The molecule has 0 bridgehead atoms. The molecule has 0 radical (unpaired) electrons. The first-order chi connectivity index (χ1) is 10.4. The highest BCUT2D eigenvalue weighted by atomic mass is 32.2. The second-order valence-electron chi connectivity index (χ2n) is 4.65. The van der Waals surface area contributed by atoms with Crippen molar-refractivity contribution in [3.05, 3.63) is 66.2 Å². The van der Waals surface area contributed by atoms with Gasteiger partial charge in [0, 0.05) is 6.08 Å². The minimum absolute atomic E-state index is 0.325. The fraction of sp³-hybridized carbons (Fsp3) is 0.0625. The number of hydrogen-bond acceptors (Lipinski definition) is 3. The highest BCUT2D eigenvalue weighted by Crippen LogP contribution is 2.21. The summed E-state index contributed by atoms with van der Waals surface area (Å²) in [6.45, 7) is 0. The quantitative estimate of drug-likeness (QED) is 0.833. The first-order valence-corrected chi connectivity index (χ1v) is 8.44. The number of rotatable bonds is 5. The number of benzene rings is 2. The average Bonchev–Trinajstić information content (AvgIpc) is 2.47. The fourth-order valence-electron chi connectivity index (χ4n) is 1.79. The molecule has 2 aromatic carbocycles. The number of carbonyl (C=O) groups excluding carboxylic acids is 1. The van der Waals surface area contributed by atoms with E-state index in [9.17, 15) is 13.2 Å². The van der Waals surface area contributed by atoms with Gasteiger partial charge in [0.15, 0.2) is 0 Å². The van der Waals surface area contributed by atoms with Crippen LogP contribution in [0.15, 0.2) is 60.7 Å². The molecule has 6 heteroatoms. The van der Waals surface area contributed by atoms with Gasteiger partial charge in [-0.05, 0) is 23.8 Å². The van der Waals surface area contributed by atoms with Crippen LogP contribution >= 0.6 is 0 Å². The Morgan fingerprint density at radius 2 is 1.55 bits per heavy atom. The van der Waals surface area contributed by atoms with Gasteiger partial charge in [0.2, 0.25) is 15.9 Å². The third-order valence-corrected chi connectivity index (χ3v) is 3.30. The predicted molar refractivity (Wildman–Crippen MR) is 89.0 cm³/mol. The first kappa shape index (κ1) is 15.8. The number of carbonyl (C=O) groups is 1. The van der Waals surface area contributed by atoms with Crippen LogP contribution in [-0.2, 0) is 14.8 Å². The molecule has 114 valence electrons. The molecule has 0 aliphatic heterocycles. The van der Waals surface area contributed by atoms with Gasteiger partial charge < -0.3 is 5.32 Å². The van der Waals surface area contributed by atoms with Gasteiger partial charge in [-0.2, -0.15) is 0 Å². The second-order valence-corrected chi connectivity index (χ2v) is 6.40. The van der Waals surface area contributed by atoms with E-state index in [2.05, 4.69) is 10.0 Å². The SMILES string of the molecule is CS(=O)(=O)Nc1ccccc1NC(=O)C=Cc1ccccc1. The Bertz CT molecular complexity index is 784. The van der Waals surface area contributed by atoms with E-state index in [0.717, 1.165) is 11.8 Å². The Morgan fingerprint density at radius 1 is 0.955 bits per heavy atom. The first-order valence-electron chi connectivity index (χ1n) is 6.55. The van der Waals surface area contributed by atoms with Crippen molar-refractivity contribution < 1.29 is 13.2 Å². The maximum absolute atomic E-state index is 11.9. The fourth-order valence-corrected chi connectivity index (χ4v) is 2.37. The summed E-state index contributed by atoms with van der Waals surface area (Å²) in [5.74, 6) is -0.341. The van der Waals surface area contributed by atoms with Gasteiger partial charge in [-0.1, -0.05) is 42.5 Å². The second kappa shape index (κ2) is 6.91. The third-order valence-electron chi connectivity index (χ3n) is 2.71. The highest BCUT2D eigenvalue weighted by Gasteiger charge is 2.08. The molecule has 2 N–H and O–H groups in total. The number of hydrogen-bond donors (Lipinski definition) is 2. The molecule has 0 aliphatic rings. The molecule has 2 aromatic rings. The van der Waals surface area contributed by atoms with Gasteiger partial charge >= 0.3 is 0 Å². The van der Waals surface area contributed by atoms with Crippen molar-refractivity contribution in [1.82, 2.24) is 0 Å². The van der Waals surface area contributed by atoms with Crippen LogP contribution in [0, 0.1) is 0 Å². The summed E-state index contributed by atoms with van der Waals surface area (Å²) in [6.07, 6.45) is 4.13. The third kappa shape index (κ3) is 5.06. The Hall–Kier alpha value is -2.60. The smallest absolute Gasteiger partial charge is 0.248 e. The van der Waals surface area contributed by atoms with Gasteiger partial charge in [-0.3, -0.25) is 9.52 Å². The normalized spacial score (nSPS) is 11.3. The molecule has 1 amide bonds. The zero-order chi connectivity index (χ0) is 16.0. The maximum Gasteiger partial charge on any atom is 0.248 e. The number of anilines is 2. The van der Waals surface area contributed by atoms with Crippen LogP contribution in [0.1, 0.15) is 5.56 Å². The van der Waals surface area contributed by atoms with E-state index in [0.29, 0.717) is 11.4 Å². The summed E-state index contributed by atoms with van der Waals surface area (Å²) in [7, 11) is -3.41. The maximum atomic E-state index is 11.9. The van der Waals surface area contributed by atoms with Crippen molar-refractivity contribution in [2.45, 2.75) is 0 Å². The molecule has 0 heterocycles. The van der Waals surface area contributed by atoms with Crippen LogP contribution in [0.25, 0.3) is 6.08 Å². The van der Waals surface area contributed by atoms with Crippen molar-refractivity contribution in [1.29, 1.82) is 0 Å². The van der Waals surface area contributed by atoms with E-state index in [1.54, 1.807) is 30.3 Å². The number of para-hydroxylation sites is 2. The standard InChI is InChI=1S/C16H16N2O3S/c1-22(20,21)18-15-10-6-5-9-14(15)17-16(19)12-11-13-7-3-2-4-8-13/h2-12,18H,1H3,(H,17,19). The van der Waals surface area contributed by atoms with E-state index >= 15 is 0 Å². The van der Waals surface area contributed by atoms with Gasteiger partial charge in [0.05, 0.1) is 17.6 Å². The number of amides is 1. The van der Waals surface area contributed by atoms with Gasteiger partial charge in [-0.25, -0.2) is 8.42 Å². The van der Waals surface area contributed by atoms with Crippen LogP contribution in [0.2, 0.25) is 0 Å². The molecule has 5 nitrogen and oxygen atoms in total. The summed E-state index contributed by atoms with van der Waals surface area (Å²) >= 11 is 0. The van der Waals surface area contributed by atoms with Crippen LogP contribution in [-0.4, -0.2) is 20.6 Å². The summed E-state index contributed by atoms with van der Waals surface area (Å²) < 4.78 is 25.0. The minimum Gasteiger partial charge on any atom is -0.321 e.